The molecule has 0 aliphatic rings. The maximum atomic E-state index is 12.0. The first-order valence-corrected chi connectivity index (χ1v) is 9.36. The van der Waals surface area contributed by atoms with Crippen LogP contribution in [0.3, 0.4) is 0 Å². The first-order chi connectivity index (χ1) is 9.43. The molecule has 0 bridgehead atoms. The van der Waals surface area contributed by atoms with Crippen molar-refractivity contribution in [2.45, 2.75) is 53.0 Å². The van der Waals surface area contributed by atoms with Crippen LogP contribution < -0.4 is 10.0 Å². The molecule has 1 atom stereocenters. The Kier molecular flexibility index (Phi) is 11.4. The molecule has 0 radical (unpaired) electrons. The largest absolute Gasteiger partial charge is 0.380 e. The Labute approximate surface area is 124 Å². The standard InChI is InChI=1S/C14H32N2O3S/c1-5-9-15-10-7-8-11-20(17,18)16-14(13(3)4)12-19-6-2/h13-16H,5-12H2,1-4H3. The summed E-state index contributed by atoms with van der Waals surface area (Å²) >= 11 is 0. The van der Waals surface area contributed by atoms with Crippen LogP contribution >= 0.6 is 0 Å². The summed E-state index contributed by atoms with van der Waals surface area (Å²) in [6.45, 7) is 11.0. The van der Waals surface area contributed by atoms with Gasteiger partial charge in [0.25, 0.3) is 0 Å². The molecule has 5 nitrogen and oxygen atoms in total. The highest BCUT2D eigenvalue weighted by Crippen LogP contribution is 2.05. The normalized spacial score (nSPS) is 13.8. The van der Waals surface area contributed by atoms with Crippen molar-refractivity contribution in [2.24, 2.45) is 5.92 Å². The van der Waals surface area contributed by atoms with Crippen LogP contribution in [0.2, 0.25) is 0 Å². The lowest BCUT2D eigenvalue weighted by molar-refractivity contribution is 0.116. The molecule has 0 aliphatic carbocycles. The molecule has 0 aromatic rings. The lowest BCUT2D eigenvalue weighted by Gasteiger charge is -2.22. The molecule has 0 spiro atoms. The highest BCUT2D eigenvalue weighted by Gasteiger charge is 2.20. The molecule has 0 aromatic carbocycles. The molecule has 122 valence electrons. The van der Waals surface area contributed by atoms with Gasteiger partial charge in [0.05, 0.1) is 12.4 Å². The summed E-state index contributed by atoms with van der Waals surface area (Å²) in [5.41, 5.74) is 0. The third kappa shape index (κ3) is 10.6. The van der Waals surface area contributed by atoms with E-state index in [1.54, 1.807) is 0 Å². The van der Waals surface area contributed by atoms with E-state index in [0.29, 0.717) is 19.6 Å². The topological polar surface area (TPSA) is 67.4 Å². The number of nitrogens with one attached hydrogen (secondary N) is 2. The zero-order valence-electron chi connectivity index (χ0n) is 13.4. The van der Waals surface area contributed by atoms with Crippen molar-refractivity contribution >= 4 is 10.0 Å². The molecular formula is C14H32N2O3S. The minimum absolute atomic E-state index is 0.141. The Morgan fingerprint density at radius 1 is 1.10 bits per heavy atom. The van der Waals surface area contributed by atoms with E-state index in [4.69, 9.17) is 4.74 Å². The Balaban J connectivity index is 4.01. The third-order valence-electron chi connectivity index (χ3n) is 3.08. The maximum Gasteiger partial charge on any atom is 0.211 e. The molecule has 0 amide bonds. The number of rotatable bonds is 13. The molecule has 0 aromatic heterocycles. The molecule has 2 N–H and O–H groups in total. The van der Waals surface area contributed by atoms with E-state index in [0.717, 1.165) is 25.9 Å². The van der Waals surface area contributed by atoms with Crippen LogP contribution in [0, 0.1) is 5.92 Å². The van der Waals surface area contributed by atoms with Gasteiger partial charge in [-0.25, -0.2) is 13.1 Å². The number of unbranched alkanes of at least 4 members (excludes halogenated alkanes) is 1. The van der Waals surface area contributed by atoms with E-state index < -0.39 is 10.0 Å². The second kappa shape index (κ2) is 11.5. The van der Waals surface area contributed by atoms with Crippen molar-refractivity contribution in [1.82, 2.24) is 10.0 Å². The lowest BCUT2D eigenvalue weighted by Crippen LogP contribution is -2.42. The van der Waals surface area contributed by atoms with Gasteiger partial charge in [-0.1, -0.05) is 20.8 Å². The average molecular weight is 308 g/mol. The Morgan fingerprint density at radius 2 is 1.80 bits per heavy atom. The Morgan fingerprint density at radius 3 is 2.35 bits per heavy atom. The van der Waals surface area contributed by atoms with Gasteiger partial charge in [-0.2, -0.15) is 0 Å². The van der Waals surface area contributed by atoms with Crippen LogP contribution in [-0.4, -0.2) is 46.5 Å². The summed E-state index contributed by atoms with van der Waals surface area (Å²) < 4.78 is 32.1. The summed E-state index contributed by atoms with van der Waals surface area (Å²) in [4.78, 5) is 0. The van der Waals surface area contributed by atoms with Crippen molar-refractivity contribution in [2.75, 3.05) is 32.1 Å². The predicted molar refractivity (Wildman–Crippen MR) is 84.4 cm³/mol. The van der Waals surface area contributed by atoms with Crippen LogP contribution in [0.1, 0.15) is 47.0 Å². The molecule has 0 saturated carbocycles. The number of sulfonamides is 1. The van der Waals surface area contributed by atoms with Gasteiger partial charge in [0.15, 0.2) is 0 Å². The molecule has 6 heteroatoms. The first-order valence-electron chi connectivity index (χ1n) is 7.71. The summed E-state index contributed by atoms with van der Waals surface area (Å²) in [5, 5.41) is 3.27. The zero-order valence-corrected chi connectivity index (χ0v) is 14.3. The fourth-order valence-corrected chi connectivity index (χ4v) is 3.24. The highest BCUT2D eigenvalue weighted by molar-refractivity contribution is 7.89. The van der Waals surface area contributed by atoms with Crippen LogP contribution in [0.25, 0.3) is 0 Å². The molecular weight excluding hydrogens is 276 g/mol. The summed E-state index contributed by atoms with van der Waals surface area (Å²) in [6.07, 6.45) is 2.68. The Bertz CT molecular complexity index is 318. The first kappa shape index (κ1) is 19.8. The van der Waals surface area contributed by atoms with Crippen molar-refractivity contribution in [3.63, 3.8) is 0 Å². The SMILES string of the molecule is CCCNCCCCS(=O)(=O)NC(COCC)C(C)C. The fourth-order valence-electron chi connectivity index (χ4n) is 1.74. The van der Waals surface area contributed by atoms with Gasteiger partial charge in [0, 0.05) is 12.6 Å². The third-order valence-corrected chi connectivity index (χ3v) is 4.57. The van der Waals surface area contributed by atoms with Crippen molar-refractivity contribution in [1.29, 1.82) is 0 Å². The Hall–Kier alpha value is -0.170. The molecule has 0 rings (SSSR count). The molecule has 0 saturated heterocycles. The van der Waals surface area contributed by atoms with E-state index >= 15 is 0 Å². The van der Waals surface area contributed by atoms with E-state index in [1.807, 2.05) is 20.8 Å². The molecule has 0 heterocycles. The minimum Gasteiger partial charge on any atom is -0.380 e. The average Bonchev–Trinajstić information content (AvgIpc) is 2.38. The predicted octanol–water partition coefficient (Wildman–Crippen LogP) is 1.75. The molecule has 1 unspecified atom stereocenters. The van der Waals surface area contributed by atoms with Crippen molar-refractivity contribution in [3.05, 3.63) is 0 Å². The summed E-state index contributed by atoms with van der Waals surface area (Å²) in [6, 6.07) is -0.141. The van der Waals surface area contributed by atoms with Crippen LogP contribution in [0.15, 0.2) is 0 Å². The summed E-state index contributed by atoms with van der Waals surface area (Å²) in [5.74, 6) is 0.415. The van der Waals surface area contributed by atoms with Crippen LogP contribution in [-0.2, 0) is 14.8 Å². The molecule has 0 fully saturated rings. The fraction of sp³-hybridized carbons (Fsp3) is 1.00. The van der Waals surface area contributed by atoms with Gasteiger partial charge in [-0.15, -0.1) is 0 Å². The van der Waals surface area contributed by atoms with Crippen LogP contribution in [0.5, 0.6) is 0 Å². The summed E-state index contributed by atoms with van der Waals surface area (Å²) in [7, 11) is -3.21. The lowest BCUT2D eigenvalue weighted by atomic mass is 10.1. The van der Waals surface area contributed by atoms with Crippen molar-refractivity contribution < 1.29 is 13.2 Å². The van der Waals surface area contributed by atoms with E-state index in [-0.39, 0.29) is 17.7 Å². The number of hydrogen-bond donors (Lipinski definition) is 2. The van der Waals surface area contributed by atoms with E-state index in [9.17, 15) is 8.42 Å². The second-order valence-corrected chi connectivity index (χ2v) is 7.28. The van der Waals surface area contributed by atoms with Gasteiger partial charge in [-0.3, -0.25) is 0 Å². The van der Waals surface area contributed by atoms with E-state index in [2.05, 4.69) is 17.0 Å². The van der Waals surface area contributed by atoms with Gasteiger partial charge in [-0.05, 0) is 45.2 Å². The molecule has 0 aliphatic heterocycles. The zero-order chi connectivity index (χ0) is 15.4. The second-order valence-electron chi connectivity index (χ2n) is 5.40. The van der Waals surface area contributed by atoms with Gasteiger partial charge in [0.1, 0.15) is 0 Å². The van der Waals surface area contributed by atoms with Crippen molar-refractivity contribution in [3.8, 4) is 0 Å². The smallest absolute Gasteiger partial charge is 0.211 e. The van der Waals surface area contributed by atoms with Gasteiger partial charge >= 0.3 is 0 Å². The van der Waals surface area contributed by atoms with Gasteiger partial charge < -0.3 is 10.1 Å². The van der Waals surface area contributed by atoms with Crippen LogP contribution in [0.4, 0.5) is 0 Å². The highest BCUT2D eigenvalue weighted by atomic mass is 32.2. The number of hydrogen-bond acceptors (Lipinski definition) is 4. The minimum atomic E-state index is -3.21. The monoisotopic (exact) mass is 308 g/mol. The number of ether oxygens (including phenoxy) is 1. The molecule has 20 heavy (non-hydrogen) atoms. The quantitative estimate of drug-likeness (QED) is 0.509. The maximum absolute atomic E-state index is 12.0. The van der Waals surface area contributed by atoms with E-state index in [1.165, 1.54) is 0 Å². The van der Waals surface area contributed by atoms with Gasteiger partial charge in [0.2, 0.25) is 10.0 Å².